The van der Waals surface area contributed by atoms with E-state index in [1.807, 2.05) is 7.11 Å². The summed E-state index contributed by atoms with van der Waals surface area (Å²) in [4.78, 5) is 0. The van der Waals surface area contributed by atoms with Gasteiger partial charge in [-0.05, 0) is 23.1 Å². The van der Waals surface area contributed by atoms with Crippen molar-refractivity contribution in [3.8, 4) is 0 Å². The number of hydrogen-bond donors (Lipinski definition) is 0. The lowest BCUT2D eigenvalue weighted by molar-refractivity contribution is 0.0988. The van der Waals surface area contributed by atoms with Crippen LogP contribution in [0.1, 0.15) is 22.6 Å². The van der Waals surface area contributed by atoms with Gasteiger partial charge in [0.1, 0.15) is 0 Å². The maximum atomic E-state index is 5.66. The number of methoxy groups -OCH3 is 1. The van der Waals surface area contributed by atoms with Gasteiger partial charge < -0.3 is 4.74 Å². The van der Waals surface area contributed by atoms with Gasteiger partial charge in [-0.25, -0.2) is 0 Å². The zero-order valence-electron chi connectivity index (χ0n) is 9.97. The first kappa shape index (κ1) is 10.5. The molecule has 0 amide bonds. The lowest BCUT2D eigenvalue weighted by Crippen LogP contribution is -2.17. The van der Waals surface area contributed by atoms with Crippen LogP contribution in [0.3, 0.4) is 0 Å². The maximum Gasteiger partial charge on any atom is 0.0720 e. The smallest absolute Gasteiger partial charge is 0.0720 e. The van der Waals surface area contributed by atoms with Crippen LogP contribution < -0.4 is 0 Å². The first-order chi connectivity index (χ1) is 8.40. The molecular formula is C16H16O. The topological polar surface area (TPSA) is 9.23 Å². The molecule has 2 aromatic carbocycles. The molecule has 1 nitrogen and oxygen atoms in total. The van der Waals surface area contributed by atoms with E-state index in [0.29, 0.717) is 5.92 Å². The van der Waals surface area contributed by atoms with Gasteiger partial charge in [0, 0.05) is 13.0 Å². The van der Waals surface area contributed by atoms with E-state index in [1.165, 1.54) is 16.7 Å². The summed E-state index contributed by atoms with van der Waals surface area (Å²) < 4.78 is 5.66. The van der Waals surface area contributed by atoms with Gasteiger partial charge in [0.15, 0.2) is 0 Å². The van der Waals surface area contributed by atoms with Gasteiger partial charge in [-0.1, -0.05) is 54.6 Å². The van der Waals surface area contributed by atoms with Crippen LogP contribution in [0.15, 0.2) is 54.6 Å². The highest BCUT2D eigenvalue weighted by molar-refractivity contribution is 5.44. The molecule has 2 atom stereocenters. The SMILES string of the molecule is COC1Cc2ccccc2C1c1ccccc1. The van der Waals surface area contributed by atoms with E-state index in [-0.39, 0.29) is 6.10 Å². The van der Waals surface area contributed by atoms with Gasteiger partial charge in [-0.2, -0.15) is 0 Å². The Balaban J connectivity index is 2.08. The fourth-order valence-electron chi connectivity index (χ4n) is 2.83. The number of benzene rings is 2. The molecule has 0 spiro atoms. The standard InChI is InChI=1S/C16H16O/c1-17-15-11-13-9-5-6-10-14(13)16(15)12-7-3-2-4-8-12/h2-10,15-16H,11H2,1H3. The fourth-order valence-corrected chi connectivity index (χ4v) is 2.83. The number of rotatable bonds is 2. The molecule has 0 radical (unpaired) electrons. The highest BCUT2D eigenvalue weighted by Crippen LogP contribution is 2.39. The second kappa shape index (κ2) is 4.34. The number of hydrogen-bond acceptors (Lipinski definition) is 1. The molecule has 0 heterocycles. The Labute approximate surface area is 102 Å². The van der Waals surface area contributed by atoms with Gasteiger partial charge in [-0.3, -0.25) is 0 Å². The van der Waals surface area contributed by atoms with E-state index in [2.05, 4.69) is 54.6 Å². The summed E-state index contributed by atoms with van der Waals surface area (Å²) in [6, 6.07) is 19.3. The zero-order chi connectivity index (χ0) is 11.7. The van der Waals surface area contributed by atoms with Gasteiger partial charge >= 0.3 is 0 Å². The lowest BCUT2D eigenvalue weighted by atomic mass is 9.91. The fraction of sp³-hybridized carbons (Fsp3) is 0.250. The molecule has 0 aromatic heterocycles. The molecule has 2 aromatic rings. The first-order valence-electron chi connectivity index (χ1n) is 6.05. The van der Waals surface area contributed by atoms with E-state index in [4.69, 9.17) is 4.74 Å². The van der Waals surface area contributed by atoms with Crippen LogP contribution in [-0.2, 0) is 11.2 Å². The first-order valence-corrected chi connectivity index (χ1v) is 6.05. The molecule has 0 fully saturated rings. The molecule has 0 bridgehead atoms. The molecule has 0 aliphatic heterocycles. The minimum Gasteiger partial charge on any atom is -0.380 e. The predicted octanol–water partition coefficient (Wildman–Crippen LogP) is 3.39. The van der Waals surface area contributed by atoms with Crippen molar-refractivity contribution in [2.75, 3.05) is 7.11 Å². The molecular weight excluding hydrogens is 208 g/mol. The van der Waals surface area contributed by atoms with Gasteiger partial charge in [0.05, 0.1) is 6.10 Å². The summed E-state index contributed by atoms with van der Waals surface area (Å²) in [5, 5.41) is 0. The predicted molar refractivity (Wildman–Crippen MR) is 69.2 cm³/mol. The van der Waals surface area contributed by atoms with Crippen LogP contribution in [-0.4, -0.2) is 13.2 Å². The van der Waals surface area contributed by atoms with E-state index in [1.54, 1.807) is 0 Å². The Hall–Kier alpha value is -1.60. The van der Waals surface area contributed by atoms with Crippen LogP contribution in [0.25, 0.3) is 0 Å². The summed E-state index contributed by atoms with van der Waals surface area (Å²) in [5.41, 5.74) is 4.20. The van der Waals surface area contributed by atoms with Crippen LogP contribution >= 0.6 is 0 Å². The summed E-state index contributed by atoms with van der Waals surface area (Å²) in [6.07, 6.45) is 1.29. The van der Waals surface area contributed by atoms with Crippen molar-refractivity contribution in [2.24, 2.45) is 0 Å². The molecule has 0 saturated heterocycles. The minimum atomic E-state index is 0.273. The quantitative estimate of drug-likeness (QED) is 0.759. The molecule has 0 N–H and O–H groups in total. The van der Waals surface area contributed by atoms with Crippen molar-refractivity contribution in [3.05, 3.63) is 71.3 Å². The van der Waals surface area contributed by atoms with E-state index < -0.39 is 0 Å². The molecule has 1 heteroatoms. The summed E-state index contributed by atoms with van der Waals surface area (Å²) in [7, 11) is 1.81. The maximum absolute atomic E-state index is 5.66. The monoisotopic (exact) mass is 224 g/mol. The lowest BCUT2D eigenvalue weighted by Gasteiger charge is -2.19. The van der Waals surface area contributed by atoms with Crippen LogP contribution in [0.2, 0.25) is 0 Å². The van der Waals surface area contributed by atoms with Gasteiger partial charge in [0.2, 0.25) is 0 Å². The van der Waals surface area contributed by atoms with Crippen molar-refractivity contribution >= 4 is 0 Å². The Morgan fingerprint density at radius 3 is 2.41 bits per heavy atom. The summed E-state index contributed by atoms with van der Waals surface area (Å²) >= 11 is 0. The normalized spacial score (nSPS) is 22.4. The molecule has 2 unspecified atom stereocenters. The van der Waals surface area contributed by atoms with E-state index in [9.17, 15) is 0 Å². The average Bonchev–Trinajstić information content (AvgIpc) is 2.78. The minimum absolute atomic E-state index is 0.273. The molecule has 86 valence electrons. The summed E-state index contributed by atoms with van der Waals surface area (Å²) in [5.74, 6) is 0.386. The van der Waals surface area contributed by atoms with Crippen LogP contribution in [0.5, 0.6) is 0 Å². The third-order valence-corrected chi connectivity index (χ3v) is 3.64. The largest absolute Gasteiger partial charge is 0.380 e. The van der Waals surface area contributed by atoms with E-state index in [0.717, 1.165) is 6.42 Å². The second-order valence-corrected chi connectivity index (χ2v) is 4.57. The molecule has 1 aliphatic rings. The Morgan fingerprint density at radius 1 is 0.941 bits per heavy atom. The summed E-state index contributed by atoms with van der Waals surface area (Å²) in [6.45, 7) is 0. The van der Waals surface area contributed by atoms with Crippen molar-refractivity contribution < 1.29 is 4.74 Å². The van der Waals surface area contributed by atoms with Crippen LogP contribution in [0, 0.1) is 0 Å². The molecule has 1 aliphatic carbocycles. The van der Waals surface area contributed by atoms with Crippen molar-refractivity contribution in [3.63, 3.8) is 0 Å². The Bertz CT molecular complexity index is 504. The van der Waals surface area contributed by atoms with Gasteiger partial charge in [-0.15, -0.1) is 0 Å². The second-order valence-electron chi connectivity index (χ2n) is 4.57. The van der Waals surface area contributed by atoms with Gasteiger partial charge in [0.25, 0.3) is 0 Å². The highest BCUT2D eigenvalue weighted by atomic mass is 16.5. The third kappa shape index (κ3) is 1.77. The Kier molecular flexibility index (Phi) is 2.69. The van der Waals surface area contributed by atoms with Crippen molar-refractivity contribution in [2.45, 2.75) is 18.4 Å². The number of fused-ring (bicyclic) bond motifs is 1. The van der Waals surface area contributed by atoms with E-state index >= 15 is 0 Å². The molecule has 17 heavy (non-hydrogen) atoms. The highest BCUT2D eigenvalue weighted by Gasteiger charge is 2.33. The Morgan fingerprint density at radius 2 is 1.65 bits per heavy atom. The average molecular weight is 224 g/mol. The molecule has 3 rings (SSSR count). The van der Waals surface area contributed by atoms with Crippen molar-refractivity contribution in [1.29, 1.82) is 0 Å². The molecule has 0 saturated carbocycles. The van der Waals surface area contributed by atoms with Crippen LogP contribution in [0.4, 0.5) is 0 Å². The number of ether oxygens (including phenoxy) is 1. The van der Waals surface area contributed by atoms with Crippen molar-refractivity contribution in [1.82, 2.24) is 0 Å². The third-order valence-electron chi connectivity index (χ3n) is 3.64. The zero-order valence-corrected chi connectivity index (χ0v) is 9.97.